The maximum atomic E-state index is 11.9. The molecule has 0 fully saturated rings. The molecule has 8 heteroatoms. The van der Waals surface area contributed by atoms with Crippen LogP contribution < -0.4 is 10.5 Å². The zero-order valence-corrected chi connectivity index (χ0v) is 8.95. The van der Waals surface area contributed by atoms with Crippen LogP contribution in [0.25, 0.3) is 0 Å². The minimum absolute atomic E-state index is 0.176. The summed E-state index contributed by atoms with van der Waals surface area (Å²) in [6.45, 7) is -3.82. The van der Waals surface area contributed by atoms with E-state index >= 15 is 0 Å². The van der Waals surface area contributed by atoms with Crippen molar-refractivity contribution < 1.29 is 31.4 Å². The van der Waals surface area contributed by atoms with Gasteiger partial charge >= 0.3 is 13.0 Å². The van der Waals surface area contributed by atoms with E-state index < -0.39 is 25.6 Å². The van der Waals surface area contributed by atoms with E-state index in [1.54, 1.807) is 0 Å². The van der Waals surface area contributed by atoms with Crippen LogP contribution in [-0.4, -0.2) is 19.6 Å². The molecule has 0 bridgehead atoms. The van der Waals surface area contributed by atoms with Crippen LogP contribution >= 0.6 is 0 Å². The fraction of sp³-hybridized carbons (Fsp3) is 0.400. The van der Waals surface area contributed by atoms with E-state index in [1.165, 1.54) is 18.2 Å². The van der Waals surface area contributed by atoms with E-state index in [2.05, 4.69) is 9.47 Å². The first-order valence-electron chi connectivity index (χ1n) is 4.79. The van der Waals surface area contributed by atoms with Crippen molar-refractivity contribution in [3.8, 4) is 5.75 Å². The first-order chi connectivity index (χ1) is 8.28. The molecule has 1 rings (SSSR count). The summed E-state index contributed by atoms with van der Waals surface area (Å²) in [5, 5.41) is 0. The molecular formula is C10H10F5NO2. The number of hydrogen-bond acceptors (Lipinski definition) is 3. The lowest BCUT2D eigenvalue weighted by molar-refractivity contribution is -0.326. The van der Waals surface area contributed by atoms with Crippen LogP contribution in [0.1, 0.15) is 11.6 Å². The van der Waals surface area contributed by atoms with Crippen LogP contribution in [-0.2, 0) is 4.74 Å². The van der Waals surface area contributed by atoms with Crippen LogP contribution in [0.15, 0.2) is 24.3 Å². The smallest absolute Gasteiger partial charge is 0.435 e. The van der Waals surface area contributed by atoms with Crippen molar-refractivity contribution in [1.29, 1.82) is 0 Å². The van der Waals surface area contributed by atoms with Gasteiger partial charge in [-0.3, -0.25) is 4.74 Å². The summed E-state index contributed by atoms with van der Waals surface area (Å²) in [6.07, 6.45) is -4.78. The van der Waals surface area contributed by atoms with Gasteiger partial charge in [-0.05, 0) is 17.7 Å². The number of rotatable bonds is 5. The van der Waals surface area contributed by atoms with Gasteiger partial charge in [0.15, 0.2) is 0 Å². The molecule has 0 aliphatic carbocycles. The number of hydrogen-bond donors (Lipinski definition) is 1. The van der Waals surface area contributed by atoms with Crippen LogP contribution in [0.2, 0.25) is 0 Å². The maximum Gasteiger partial charge on any atom is 0.522 e. The minimum Gasteiger partial charge on any atom is -0.435 e. The highest BCUT2D eigenvalue weighted by Crippen LogP contribution is 2.22. The Hall–Kier alpha value is -1.41. The second-order valence-corrected chi connectivity index (χ2v) is 3.31. The largest absolute Gasteiger partial charge is 0.522 e. The molecule has 0 aromatic heterocycles. The number of nitrogens with two attached hydrogens (primary N) is 1. The summed E-state index contributed by atoms with van der Waals surface area (Å²) < 4.78 is 66.9. The second-order valence-electron chi connectivity index (χ2n) is 3.31. The Balaban J connectivity index is 2.65. The molecule has 1 aromatic rings. The molecule has 0 aliphatic rings. The van der Waals surface area contributed by atoms with E-state index in [0.29, 0.717) is 0 Å². The Morgan fingerprint density at radius 2 is 1.89 bits per heavy atom. The van der Waals surface area contributed by atoms with Crippen molar-refractivity contribution in [2.45, 2.75) is 19.0 Å². The van der Waals surface area contributed by atoms with Crippen molar-refractivity contribution in [2.75, 3.05) is 6.61 Å². The van der Waals surface area contributed by atoms with Gasteiger partial charge in [0, 0.05) is 0 Å². The van der Waals surface area contributed by atoms with Crippen LogP contribution in [0.5, 0.6) is 5.75 Å². The lowest BCUT2D eigenvalue weighted by Gasteiger charge is -2.15. The fourth-order valence-electron chi connectivity index (χ4n) is 1.20. The number of halogens is 5. The van der Waals surface area contributed by atoms with Gasteiger partial charge < -0.3 is 10.5 Å². The summed E-state index contributed by atoms with van der Waals surface area (Å²) in [5.41, 5.74) is 5.64. The van der Waals surface area contributed by atoms with Crippen molar-refractivity contribution in [3.63, 3.8) is 0 Å². The summed E-state index contributed by atoms with van der Waals surface area (Å²) in [5.74, 6) is -0.176. The van der Waals surface area contributed by atoms with Gasteiger partial charge in [0.1, 0.15) is 5.75 Å². The average molecular weight is 271 g/mol. The van der Waals surface area contributed by atoms with Crippen molar-refractivity contribution in [1.82, 2.24) is 0 Å². The lowest BCUT2D eigenvalue weighted by Crippen LogP contribution is -2.23. The molecular weight excluding hydrogens is 261 g/mol. The van der Waals surface area contributed by atoms with Crippen LogP contribution in [0, 0.1) is 0 Å². The highest BCUT2D eigenvalue weighted by molar-refractivity contribution is 5.30. The number of alkyl halides is 5. The van der Waals surface area contributed by atoms with Gasteiger partial charge in [0.25, 0.3) is 0 Å². The van der Waals surface area contributed by atoms with Gasteiger partial charge in [-0.25, -0.2) is 0 Å². The van der Waals surface area contributed by atoms with Gasteiger partial charge in [-0.2, -0.15) is 8.78 Å². The first-order valence-corrected chi connectivity index (χ1v) is 4.79. The molecule has 0 saturated carbocycles. The topological polar surface area (TPSA) is 44.5 Å². The summed E-state index contributed by atoms with van der Waals surface area (Å²) in [6, 6.07) is 4.03. The maximum absolute atomic E-state index is 11.9. The molecule has 2 N–H and O–H groups in total. The molecule has 102 valence electrons. The molecule has 1 atom stereocenters. The molecule has 18 heavy (non-hydrogen) atoms. The lowest BCUT2D eigenvalue weighted by atomic mass is 10.1. The highest BCUT2D eigenvalue weighted by atomic mass is 19.4. The average Bonchev–Trinajstić information content (AvgIpc) is 2.24. The third-order valence-electron chi connectivity index (χ3n) is 1.94. The van der Waals surface area contributed by atoms with E-state index in [0.717, 1.165) is 6.07 Å². The molecule has 0 radical (unpaired) electrons. The Kier molecular flexibility index (Phi) is 4.85. The third-order valence-corrected chi connectivity index (χ3v) is 1.94. The SMILES string of the molecule is NC(COC(F)(F)F)c1cccc(OC(F)F)c1. The molecule has 0 saturated heterocycles. The second kappa shape index (κ2) is 5.96. The van der Waals surface area contributed by atoms with E-state index in [4.69, 9.17) is 5.73 Å². The van der Waals surface area contributed by atoms with Crippen molar-refractivity contribution in [2.24, 2.45) is 5.73 Å². The minimum atomic E-state index is -4.78. The summed E-state index contributed by atoms with van der Waals surface area (Å²) in [4.78, 5) is 0. The molecule has 0 heterocycles. The van der Waals surface area contributed by atoms with Gasteiger partial charge in [0.2, 0.25) is 0 Å². The monoisotopic (exact) mass is 271 g/mol. The van der Waals surface area contributed by atoms with Gasteiger partial charge in [-0.1, -0.05) is 12.1 Å². The zero-order chi connectivity index (χ0) is 13.8. The zero-order valence-electron chi connectivity index (χ0n) is 8.95. The van der Waals surface area contributed by atoms with Crippen LogP contribution in [0.4, 0.5) is 22.0 Å². The van der Waals surface area contributed by atoms with Gasteiger partial charge in [0.05, 0.1) is 12.6 Å². The van der Waals surface area contributed by atoms with E-state index in [1.807, 2.05) is 0 Å². The quantitative estimate of drug-likeness (QED) is 0.837. The molecule has 1 aromatic carbocycles. The van der Waals surface area contributed by atoms with E-state index in [-0.39, 0.29) is 11.3 Å². The van der Waals surface area contributed by atoms with Crippen molar-refractivity contribution >= 4 is 0 Å². The first kappa shape index (κ1) is 14.7. The molecule has 1 unspecified atom stereocenters. The normalized spacial score (nSPS) is 13.7. The molecule has 0 aliphatic heterocycles. The van der Waals surface area contributed by atoms with Crippen molar-refractivity contribution in [3.05, 3.63) is 29.8 Å². The third kappa shape index (κ3) is 5.28. The Morgan fingerprint density at radius 1 is 1.22 bits per heavy atom. The fourth-order valence-corrected chi connectivity index (χ4v) is 1.20. The summed E-state index contributed by atoms with van der Waals surface area (Å²) >= 11 is 0. The van der Waals surface area contributed by atoms with Crippen LogP contribution in [0.3, 0.4) is 0 Å². The van der Waals surface area contributed by atoms with E-state index in [9.17, 15) is 22.0 Å². The Bertz CT molecular complexity index is 383. The summed E-state index contributed by atoms with van der Waals surface area (Å²) in [7, 11) is 0. The highest BCUT2D eigenvalue weighted by Gasteiger charge is 2.30. The molecule has 3 nitrogen and oxygen atoms in total. The van der Waals surface area contributed by atoms with Gasteiger partial charge in [-0.15, -0.1) is 13.2 Å². The number of ether oxygens (including phenoxy) is 2. The Labute approximate surface area is 99.3 Å². The Morgan fingerprint density at radius 3 is 2.44 bits per heavy atom. The molecule has 0 amide bonds. The predicted molar refractivity (Wildman–Crippen MR) is 52.0 cm³/mol. The molecule has 0 spiro atoms. The predicted octanol–water partition coefficient (Wildman–Crippen LogP) is 2.82. The number of benzene rings is 1. The standard InChI is InChI=1S/C10H10F5NO2/c11-9(12)18-7-3-1-2-6(4-7)8(16)5-17-10(13,14)15/h1-4,8-9H,5,16H2.